The number of nitrogens with one attached hydrogen (secondary N) is 1. The van der Waals surface area contributed by atoms with E-state index >= 15 is 0 Å². The van der Waals surface area contributed by atoms with Gasteiger partial charge in [0.2, 0.25) is 0 Å². The fourth-order valence-electron chi connectivity index (χ4n) is 1.74. The number of hydrogen-bond donors (Lipinski definition) is 1. The molecule has 1 aromatic carbocycles. The van der Waals surface area contributed by atoms with Crippen molar-refractivity contribution in [2.45, 2.75) is 10.6 Å². The highest BCUT2D eigenvalue weighted by Crippen LogP contribution is 2.28. The topological polar surface area (TPSA) is 76.2 Å². The van der Waals surface area contributed by atoms with Crippen LogP contribution in [0.25, 0.3) is 0 Å². The summed E-state index contributed by atoms with van der Waals surface area (Å²) in [6.45, 7) is 0. The zero-order chi connectivity index (χ0) is 15.6. The lowest BCUT2D eigenvalue weighted by molar-refractivity contribution is 0.411. The molecule has 0 atom stereocenters. The van der Waals surface area contributed by atoms with Crippen LogP contribution in [0.4, 0.5) is 0 Å². The van der Waals surface area contributed by atoms with Gasteiger partial charge in [-0.05, 0) is 50.1 Å². The van der Waals surface area contributed by atoms with Crippen molar-refractivity contribution in [3.05, 3.63) is 55.3 Å². The highest BCUT2D eigenvalue weighted by atomic mass is 79.9. The zero-order valence-electron chi connectivity index (χ0n) is 10.9. The van der Waals surface area contributed by atoms with Crippen LogP contribution in [0.15, 0.2) is 49.2 Å². The van der Waals surface area contributed by atoms with E-state index in [2.05, 4.69) is 36.8 Å². The number of benzene rings is 1. The van der Waals surface area contributed by atoms with Crippen LogP contribution in [0.2, 0.25) is 0 Å². The van der Waals surface area contributed by atoms with E-state index in [9.17, 15) is 13.2 Å². The standard InChI is InChI=1S/C13H11Br2NO4S/c1-20-12-3-2-9(4-10(12)14)21(18,19)7-8-5-16-6-11(15)13(8)17/h2-6H,7H2,1H3,(H,16,17). The molecule has 0 aliphatic rings. The molecule has 0 bridgehead atoms. The van der Waals surface area contributed by atoms with Gasteiger partial charge in [-0.3, -0.25) is 4.79 Å². The number of aromatic amines is 1. The third-order valence-electron chi connectivity index (χ3n) is 2.80. The third-order valence-corrected chi connectivity index (χ3v) is 5.68. The minimum absolute atomic E-state index is 0.120. The van der Waals surface area contributed by atoms with E-state index in [0.29, 0.717) is 14.7 Å². The molecule has 0 amide bonds. The van der Waals surface area contributed by atoms with Crippen molar-refractivity contribution in [1.82, 2.24) is 4.98 Å². The van der Waals surface area contributed by atoms with Crippen molar-refractivity contribution in [2.24, 2.45) is 0 Å². The number of methoxy groups -OCH3 is 1. The van der Waals surface area contributed by atoms with Crippen LogP contribution in [0.1, 0.15) is 5.56 Å². The summed E-state index contributed by atoms with van der Waals surface area (Å²) < 4.78 is 30.7. The van der Waals surface area contributed by atoms with E-state index in [1.165, 1.54) is 31.6 Å². The van der Waals surface area contributed by atoms with Crippen molar-refractivity contribution < 1.29 is 13.2 Å². The van der Waals surface area contributed by atoms with Gasteiger partial charge in [0, 0.05) is 18.0 Å². The molecule has 1 heterocycles. The average molecular weight is 437 g/mol. The second-order valence-electron chi connectivity index (χ2n) is 4.21. The maximum absolute atomic E-state index is 12.4. The molecule has 0 unspecified atom stereocenters. The number of ether oxygens (including phenoxy) is 1. The number of pyridine rings is 1. The number of sulfone groups is 1. The smallest absolute Gasteiger partial charge is 0.199 e. The molecular weight excluding hydrogens is 426 g/mol. The quantitative estimate of drug-likeness (QED) is 0.799. The lowest BCUT2D eigenvalue weighted by atomic mass is 10.3. The van der Waals surface area contributed by atoms with E-state index in [1.54, 1.807) is 6.07 Å². The van der Waals surface area contributed by atoms with Crippen LogP contribution in [0.3, 0.4) is 0 Å². The van der Waals surface area contributed by atoms with Gasteiger partial charge in [-0.1, -0.05) is 0 Å². The Morgan fingerprint density at radius 2 is 1.90 bits per heavy atom. The van der Waals surface area contributed by atoms with Gasteiger partial charge in [-0.2, -0.15) is 0 Å². The molecule has 1 aromatic heterocycles. The first-order valence-electron chi connectivity index (χ1n) is 5.77. The monoisotopic (exact) mass is 435 g/mol. The summed E-state index contributed by atoms with van der Waals surface area (Å²) >= 11 is 6.32. The summed E-state index contributed by atoms with van der Waals surface area (Å²) in [6.07, 6.45) is 2.85. The van der Waals surface area contributed by atoms with E-state index in [1.807, 2.05) is 0 Å². The molecule has 0 saturated heterocycles. The van der Waals surface area contributed by atoms with Crippen LogP contribution in [-0.2, 0) is 15.6 Å². The Morgan fingerprint density at radius 3 is 2.52 bits per heavy atom. The highest BCUT2D eigenvalue weighted by molar-refractivity contribution is 9.10. The number of rotatable bonds is 4. The summed E-state index contributed by atoms with van der Waals surface area (Å²) in [4.78, 5) is 14.7. The Labute approximate surface area is 138 Å². The second kappa shape index (κ2) is 6.33. The van der Waals surface area contributed by atoms with Crippen molar-refractivity contribution in [3.63, 3.8) is 0 Å². The molecule has 0 aliphatic heterocycles. The van der Waals surface area contributed by atoms with E-state index in [-0.39, 0.29) is 21.6 Å². The largest absolute Gasteiger partial charge is 0.496 e. The Bertz CT molecular complexity index is 830. The molecule has 0 aliphatic carbocycles. The second-order valence-corrected chi connectivity index (χ2v) is 7.91. The fourth-order valence-corrected chi connectivity index (χ4v) is 4.18. The maximum atomic E-state index is 12.4. The first kappa shape index (κ1) is 16.3. The summed E-state index contributed by atoms with van der Waals surface area (Å²) in [6, 6.07) is 4.47. The first-order chi connectivity index (χ1) is 9.85. The van der Waals surface area contributed by atoms with Crippen molar-refractivity contribution in [2.75, 3.05) is 7.11 Å². The molecule has 112 valence electrons. The van der Waals surface area contributed by atoms with Crippen LogP contribution in [0.5, 0.6) is 5.75 Å². The number of aromatic nitrogens is 1. The number of hydrogen-bond acceptors (Lipinski definition) is 4. The van der Waals surface area contributed by atoms with Gasteiger partial charge in [-0.15, -0.1) is 0 Å². The summed E-state index contributed by atoms with van der Waals surface area (Å²) in [5.74, 6) is 0.162. The molecule has 2 aromatic rings. The molecule has 0 spiro atoms. The molecule has 0 radical (unpaired) electrons. The van der Waals surface area contributed by atoms with Crippen molar-refractivity contribution in [1.29, 1.82) is 0 Å². The minimum Gasteiger partial charge on any atom is -0.496 e. The van der Waals surface area contributed by atoms with Gasteiger partial charge >= 0.3 is 0 Å². The van der Waals surface area contributed by atoms with Crippen molar-refractivity contribution >= 4 is 41.7 Å². The zero-order valence-corrected chi connectivity index (χ0v) is 14.9. The highest BCUT2D eigenvalue weighted by Gasteiger charge is 2.19. The van der Waals surface area contributed by atoms with Gasteiger partial charge in [-0.25, -0.2) is 8.42 Å². The fraction of sp³-hybridized carbons (Fsp3) is 0.154. The molecule has 0 fully saturated rings. The predicted molar refractivity (Wildman–Crippen MR) is 86.3 cm³/mol. The van der Waals surface area contributed by atoms with Crippen LogP contribution < -0.4 is 10.2 Å². The van der Waals surface area contributed by atoms with Crippen molar-refractivity contribution in [3.8, 4) is 5.75 Å². The lowest BCUT2D eigenvalue weighted by Gasteiger charge is -2.08. The number of H-pyrrole nitrogens is 1. The molecule has 2 rings (SSSR count). The van der Waals surface area contributed by atoms with E-state index in [0.717, 1.165) is 0 Å². The first-order valence-corrected chi connectivity index (χ1v) is 9.01. The summed E-state index contributed by atoms with van der Waals surface area (Å²) in [5, 5.41) is 0. The van der Waals surface area contributed by atoms with Gasteiger partial charge < -0.3 is 9.72 Å². The molecule has 8 heteroatoms. The van der Waals surface area contributed by atoms with Gasteiger partial charge in [0.15, 0.2) is 15.3 Å². The van der Waals surface area contributed by atoms with Gasteiger partial charge in [0.05, 0.1) is 26.7 Å². The van der Waals surface area contributed by atoms with Crippen LogP contribution in [-0.4, -0.2) is 20.5 Å². The molecule has 21 heavy (non-hydrogen) atoms. The molecule has 5 nitrogen and oxygen atoms in total. The molecule has 0 saturated carbocycles. The third kappa shape index (κ3) is 3.56. The average Bonchev–Trinajstić information content (AvgIpc) is 2.43. The normalized spacial score (nSPS) is 11.4. The Balaban J connectivity index is 2.41. The summed E-state index contributed by atoms with van der Waals surface area (Å²) in [5.41, 5.74) is -0.166. The molecule has 1 N–H and O–H groups in total. The SMILES string of the molecule is COc1ccc(S(=O)(=O)Cc2c[nH]cc(Br)c2=O)cc1Br. The maximum Gasteiger partial charge on any atom is 0.199 e. The Kier molecular flexibility index (Phi) is 4.90. The van der Waals surface area contributed by atoms with E-state index in [4.69, 9.17) is 4.74 Å². The van der Waals surface area contributed by atoms with Crippen LogP contribution in [0, 0.1) is 0 Å². The number of halogens is 2. The minimum atomic E-state index is -3.63. The van der Waals surface area contributed by atoms with Crippen LogP contribution >= 0.6 is 31.9 Å². The van der Waals surface area contributed by atoms with Gasteiger partial charge in [0.1, 0.15) is 5.75 Å². The van der Waals surface area contributed by atoms with E-state index < -0.39 is 9.84 Å². The predicted octanol–water partition coefficient (Wildman–Crippen LogP) is 2.88. The molecular formula is C13H11Br2NO4S. The Hall–Kier alpha value is -1.12. The Morgan fingerprint density at radius 1 is 1.19 bits per heavy atom. The van der Waals surface area contributed by atoms with Gasteiger partial charge in [0.25, 0.3) is 0 Å². The summed E-state index contributed by atoms with van der Waals surface area (Å²) in [7, 11) is -2.13. The lowest BCUT2D eigenvalue weighted by Crippen LogP contribution is -2.15.